The molecule has 11 heteroatoms. The first kappa shape index (κ1) is 24.9. The highest BCUT2D eigenvalue weighted by Gasteiger charge is 2.17. The number of nitrogens with one attached hydrogen (secondary N) is 2. The van der Waals surface area contributed by atoms with E-state index in [0.29, 0.717) is 28.1 Å². The maximum Gasteiger partial charge on any atom is 0.251 e. The number of halogens is 2. The number of carbonyl (C=O) groups excluding carboxylic acids is 2. The fourth-order valence-corrected chi connectivity index (χ4v) is 4.02. The van der Waals surface area contributed by atoms with Gasteiger partial charge in [0.05, 0.1) is 19.4 Å². The molecule has 0 radical (unpaired) electrons. The molecule has 184 valence electrons. The molecule has 0 aliphatic heterocycles. The Hall–Kier alpha value is -4.25. The maximum atomic E-state index is 13.5. The molecule has 4 aromatic rings. The van der Waals surface area contributed by atoms with Crippen LogP contribution in [-0.4, -0.2) is 39.4 Å². The Balaban J connectivity index is 1.48. The number of hydrogen-bond donors (Lipinski definition) is 2. The molecule has 0 atom stereocenters. The van der Waals surface area contributed by atoms with Gasteiger partial charge in [0.1, 0.15) is 17.4 Å². The minimum Gasteiger partial charge on any atom is -0.497 e. The minimum absolute atomic E-state index is 0.0288. The van der Waals surface area contributed by atoms with Crippen molar-refractivity contribution in [3.63, 3.8) is 0 Å². The Morgan fingerprint density at radius 1 is 0.972 bits per heavy atom. The maximum absolute atomic E-state index is 13.5. The van der Waals surface area contributed by atoms with Crippen molar-refractivity contribution in [3.8, 4) is 11.4 Å². The van der Waals surface area contributed by atoms with Crippen molar-refractivity contribution in [1.29, 1.82) is 0 Å². The molecular formula is C25H21F2N5O3S. The molecule has 8 nitrogen and oxygen atoms in total. The molecule has 2 amide bonds. The molecule has 0 saturated heterocycles. The lowest BCUT2D eigenvalue weighted by molar-refractivity contribution is -0.113. The lowest BCUT2D eigenvalue weighted by Gasteiger charge is -2.11. The zero-order valence-corrected chi connectivity index (χ0v) is 19.9. The van der Waals surface area contributed by atoms with Gasteiger partial charge in [0.25, 0.3) is 5.91 Å². The van der Waals surface area contributed by atoms with Crippen LogP contribution in [0, 0.1) is 11.6 Å². The Morgan fingerprint density at radius 2 is 1.72 bits per heavy atom. The number of ether oxygens (including phenoxy) is 1. The third kappa shape index (κ3) is 6.25. The van der Waals surface area contributed by atoms with E-state index in [0.717, 1.165) is 17.8 Å². The first-order valence-corrected chi connectivity index (χ1v) is 11.7. The van der Waals surface area contributed by atoms with Gasteiger partial charge in [0.2, 0.25) is 5.91 Å². The van der Waals surface area contributed by atoms with Gasteiger partial charge in [-0.2, -0.15) is 0 Å². The summed E-state index contributed by atoms with van der Waals surface area (Å²) in [4.78, 5) is 24.9. The van der Waals surface area contributed by atoms with E-state index < -0.39 is 17.5 Å². The number of rotatable bonds is 9. The van der Waals surface area contributed by atoms with Gasteiger partial charge in [-0.1, -0.05) is 17.8 Å². The zero-order valence-electron chi connectivity index (χ0n) is 19.1. The smallest absolute Gasteiger partial charge is 0.251 e. The average Bonchev–Trinajstić information content (AvgIpc) is 3.29. The van der Waals surface area contributed by atoms with Gasteiger partial charge in [0, 0.05) is 16.9 Å². The van der Waals surface area contributed by atoms with Crippen LogP contribution in [0.15, 0.2) is 78.0 Å². The molecule has 0 aliphatic carbocycles. The molecular weight excluding hydrogens is 488 g/mol. The number of thioether (sulfide) groups is 1. The summed E-state index contributed by atoms with van der Waals surface area (Å²) < 4.78 is 33.7. The Bertz CT molecular complexity index is 1360. The summed E-state index contributed by atoms with van der Waals surface area (Å²) in [6.07, 6.45) is 0. The van der Waals surface area contributed by atoms with E-state index in [4.69, 9.17) is 4.74 Å². The van der Waals surface area contributed by atoms with Crippen LogP contribution in [0.1, 0.15) is 16.2 Å². The number of benzene rings is 3. The van der Waals surface area contributed by atoms with Gasteiger partial charge in [-0.3, -0.25) is 14.2 Å². The minimum atomic E-state index is -0.524. The van der Waals surface area contributed by atoms with Gasteiger partial charge in [-0.05, 0) is 66.7 Å². The highest BCUT2D eigenvalue weighted by molar-refractivity contribution is 7.99. The van der Waals surface area contributed by atoms with Gasteiger partial charge >= 0.3 is 0 Å². The van der Waals surface area contributed by atoms with Crippen LogP contribution in [0.3, 0.4) is 0 Å². The number of anilines is 1. The van der Waals surface area contributed by atoms with E-state index in [9.17, 15) is 18.4 Å². The molecule has 36 heavy (non-hydrogen) atoms. The fraction of sp³-hybridized carbons (Fsp3) is 0.120. The summed E-state index contributed by atoms with van der Waals surface area (Å²) in [5.41, 5.74) is 1.32. The average molecular weight is 510 g/mol. The number of amides is 2. The molecule has 2 N–H and O–H groups in total. The van der Waals surface area contributed by atoms with Crippen molar-refractivity contribution in [1.82, 2.24) is 20.1 Å². The van der Waals surface area contributed by atoms with E-state index in [-0.39, 0.29) is 23.8 Å². The van der Waals surface area contributed by atoms with Crippen molar-refractivity contribution in [2.24, 2.45) is 0 Å². The molecule has 0 unspecified atom stereocenters. The van der Waals surface area contributed by atoms with Crippen molar-refractivity contribution in [3.05, 3.63) is 95.8 Å². The van der Waals surface area contributed by atoms with Gasteiger partial charge < -0.3 is 15.4 Å². The third-order valence-corrected chi connectivity index (χ3v) is 5.91. The number of methoxy groups -OCH3 is 1. The fourth-order valence-electron chi connectivity index (χ4n) is 3.25. The van der Waals surface area contributed by atoms with Crippen molar-refractivity contribution in [2.45, 2.75) is 11.7 Å². The molecule has 1 heterocycles. The SMILES string of the molecule is COc1ccc(NC(=O)CSc2nnc(CNC(=O)c3cccc(F)c3)n2-c2ccc(F)cc2)cc1. The van der Waals surface area contributed by atoms with Gasteiger partial charge in [-0.25, -0.2) is 8.78 Å². The first-order valence-electron chi connectivity index (χ1n) is 10.7. The number of nitrogens with zero attached hydrogens (tertiary/aromatic N) is 3. The predicted octanol–water partition coefficient (Wildman–Crippen LogP) is 4.21. The van der Waals surface area contributed by atoms with E-state index >= 15 is 0 Å². The lowest BCUT2D eigenvalue weighted by atomic mass is 10.2. The van der Waals surface area contributed by atoms with Crippen LogP contribution < -0.4 is 15.4 Å². The van der Waals surface area contributed by atoms with Crippen LogP contribution in [0.4, 0.5) is 14.5 Å². The largest absolute Gasteiger partial charge is 0.497 e. The topological polar surface area (TPSA) is 98.1 Å². The van der Waals surface area contributed by atoms with Crippen LogP contribution in [0.25, 0.3) is 5.69 Å². The Labute approximate surface area is 209 Å². The molecule has 0 aliphatic rings. The third-order valence-electron chi connectivity index (χ3n) is 4.99. The summed E-state index contributed by atoms with van der Waals surface area (Å²) in [6, 6.07) is 17.9. The van der Waals surface area contributed by atoms with E-state index in [1.165, 1.54) is 42.5 Å². The van der Waals surface area contributed by atoms with E-state index in [2.05, 4.69) is 20.8 Å². The Kier molecular flexibility index (Phi) is 7.91. The normalized spacial score (nSPS) is 10.6. The second kappa shape index (κ2) is 11.5. The quantitative estimate of drug-likeness (QED) is 0.328. The van der Waals surface area contributed by atoms with Crippen LogP contribution in [0.2, 0.25) is 0 Å². The molecule has 0 bridgehead atoms. The molecule has 0 saturated carbocycles. The standard InChI is InChI=1S/C25H21F2N5O3S/c1-35-21-11-7-19(8-12-21)29-23(33)15-36-25-31-30-22(32(25)20-9-5-17(26)6-10-20)14-28-24(34)16-3-2-4-18(27)13-16/h2-13H,14-15H2,1H3,(H,28,34)(H,29,33). The lowest BCUT2D eigenvalue weighted by Crippen LogP contribution is -2.24. The summed E-state index contributed by atoms with van der Waals surface area (Å²) in [7, 11) is 1.56. The summed E-state index contributed by atoms with van der Waals surface area (Å²) in [5, 5.41) is 14.1. The number of hydrogen-bond acceptors (Lipinski definition) is 6. The second-order valence-electron chi connectivity index (χ2n) is 7.47. The number of aromatic nitrogens is 3. The van der Waals surface area contributed by atoms with Crippen LogP contribution in [0.5, 0.6) is 5.75 Å². The summed E-state index contributed by atoms with van der Waals surface area (Å²) >= 11 is 1.13. The van der Waals surface area contributed by atoms with Crippen LogP contribution in [-0.2, 0) is 11.3 Å². The molecule has 3 aromatic carbocycles. The molecule has 1 aromatic heterocycles. The highest BCUT2D eigenvalue weighted by Crippen LogP contribution is 2.23. The second-order valence-corrected chi connectivity index (χ2v) is 8.41. The molecule has 4 rings (SSSR count). The predicted molar refractivity (Wildman–Crippen MR) is 131 cm³/mol. The summed E-state index contributed by atoms with van der Waals surface area (Å²) in [5.74, 6) is -0.641. The van der Waals surface area contributed by atoms with E-state index in [1.54, 1.807) is 35.9 Å². The van der Waals surface area contributed by atoms with E-state index in [1.807, 2.05) is 0 Å². The van der Waals surface area contributed by atoms with Gasteiger partial charge in [0.15, 0.2) is 11.0 Å². The zero-order chi connectivity index (χ0) is 25.5. The molecule has 0 spiro atoms. The number of carbonyl (C=O) groups is 2. The van der Waals surface area contributed by atoms with Crippen molar-refractivity contribution >= 4 is 29.3 Å². The molecule has 0 fully saturated rings. The summed E-state index contributed by atoms with van der Waals surface area (Å²) in [6.45, 7) is -0.0294. The Morgan fingerprint density at radius 3 is 2.42 bits per heavy atom. The van der Waals surface area contributed by atoms with Crippen molar-refractivity contribution < 1.29 is 23.1 Å². The van der Waals surface area contributed by atoms with Crippen LogP contribution >= 0.6 is 11.8 Å². The monoisotopic (exact) mass is 509 g/mol. The first-order chi connectivity index (χ1) is 17.4. The highest BCUT2D eigenvalue weighted by atomic mass is 32.2. The van der Waals surface area contributed by atoms with Gasteiger partial charge in [-0.15, -0.1) is 10.2 Å². The van der Waals surface area contributed by atoms with Crippen molar-refractivity contribution in [2.75, 3.05) is 18.2 Å².